The fourth-order valence-corrected chi connectivity index (χ4v) is 4.97. The van der Waals surface area contributed by atoms with Crippen LogP contribution in [0.15, 0.2) is 48.5 Å². The van der Waals surface area contributed by atoms with Crippen LogP contribution in [0.4, 0.5) is 0 Å². The lowest BCUT2D eigenvalue weighted by atomic mass is 9.86. The summed E-state index contributed by atoms with van der Waals surface area (Å²) in [6.45, 7) is 17.6. The van der Waals surface area contributed by atoms with Crippen molar-refractivity contribution in [1.82, 2.24) is 4.90 Å². The quantitative estimate of drug-likeness (QED) is 0.373. The lowest BCUT2D eigenvalue weighted by Gasteiger charge is -2.33. The van der Waals surface area contributed by atoms with Crippen LogP contribution in [0.1, 0.15) is 56.7 Å². The van der Waals surface area contributed by atoms with Crippen LogP contribution in [-0.4, -0.2) is 39.0 Å². The van der Waals surface area contributed by atoms with E-state index in [-0.39, 0.29) is 5.92 Å². The van der Waals surface area contributed by atoms with Crippen LogP contribution in [0.2, 0.25) is 19.6 Å². The van der Waals surface area contributed by atoms with E-state index in [0.717, 1.165) is 18.7 Å². The maximum atomic E-state index is 6.55. The molecule has 2 aromatic rings. The molecule has 166 valence electrons. The zero-order valence-corrected chi connectivity index (χ0v) is 21.2. The number of methoxy groups -OCH3 is 1. The van der Waals surface area contributed by atoms with E-state index in [1.165, 1.54) is 16.7 Å². The van der Waals surface area contributed by atoms with Gasteiger partial charge < -0.3 is 9.16 Å². The van der Waals surface area contributed by atoms with Gasteiger partial charge >= 0.3 is 0 Å². The fraction of sp³-hybridized carbons (Fsp3) is 0.538. The number of hydrogen-bond acceptors (Lipinski definition) is 3. The molecule has 0 N–H and O–H groups in total. The zero-order chi connectivity index (χ0) is 22.3. The number of benzene rings is 2. The van der Waals surface area contributed by atoms with Crippen molar-refractivity contribution < 1.29 is 9.16 Å². The number of ether oxygens (including phenoxy) is 1. The highest BCUT2D eigenvalue weighted by Gasteiger charge is 2.25. The minimum atomic E-state index is -1.73. The van der Waals surface area contributed by atoms with Gasteiger partial charge in [0.15, 0.2) is 0 Å². The first-order valence-electron chi connectivity index (χ1n) is 11.2. The molecule has 0 spiro atoms. The van der Waals surface area contributed by atoms with Gasteiger partial charge in [-0.3, -0.25) is 4.90 Å². The molecule has 0 aliphatic rings. The van der Waals surface area contributed by atoms with Gasteiger partial charge in [-0.15, -0.1) is 0 Å². The summed E-state index contributed by atoms with van der Waals surface area (Å²) < 4.78 is 12.0. The molecule has 1 unspecified atom stereocenters. The zero-order valence-electron chi connectivity index (χ0n) is 20.2. The Kier molecular flexibility index (Phi) is 9.14. The average molecular weight is 428 g/mol. The summed E-state index contributed by atoms with van der Waals surface area (Å²) in [5.41, 5.74) is 3.83. The highest BCUT2D eigenvalue weighted by atomic mass is 28.4. The van der Waals surface area contributed by atoms with E-state index in [0.29, 0.717) is 18.7 Å². The lowest BCUT2D eigenvalue weighted by Crippen LogP contribution is -2.38. The van der Waals surface area contributed by atoms with Crippen LogP contribution in [0.5, 0.6) is 5.75 Å². The maximum absolute atomic E-state index is 6.55. The summed E-state index contributed by atoms with van der Waals surface area (Å²) in [5.74, 6) is 1.32. The number of hydrogen-bond donors (Lipinski definition) is 0. The van der Waals surface area contributed by atoms with Gasteiger partial charge in [0.25, 0.3) is 0 Å². The van der Waals surface area contributed by atoms with E-state index in [1.54, 1.807) is 7.11 Å². The van der Waals surface area contributed by atoms with E-state index in [4.69, 9.17) is 9.16 Å². The average Bonchev–Trinajstić information content (AvgIpc) is 2.66. The molecule has 0 saturated carbocycles. The van der Waals surface area contributed by atoms with Crippen LogP contribution in [0, 0.1) is 0 Å². The van der Waals surface area contributed by atoms with Crippen molar-refractivity contribution in [3.8, 4) is 5.75 Å². The van der Waals surface area contributed by atoms with Crippen LogP contribution < -0.4 is 4.43 Å². The smallest absolute Gasteiger partial charge is 0.242 e. The molecular formula is C26H41NO2Si. The maximum Gasteiger partial charge on any atom is 0.242 e. The summed E-state index contributed by atoms with van der Waals surface area (Å²) >= 11 is 0. The van der Waals surface area contributed by atoms with E-state index in [2.05, 4.69) is 101 Å². The molecule has 0 fully saturated rings. The van der Waals surface area contributed by atoms with Crippen LogP contribution in [0.25, 0.3) is 0 Å². The second-order valence-corrected chi connectivity index (χ2v) is 14.1. The van der Waals surface area contributed by atoms with Crippen molar-refractivity contribution >= 4 is 8.32 Å². The van der Waals surface area contributed by atoms with Crippen LogP contribution in [0.3, 0.4) is 0 Å². The van der Waals surface area contributed by atoms with Gasteiger partial charge in [0.2, 0.25) is 8.32 Å². The molecule has 2 aromatic carbocycles. The predicted octanol–water partition coefficient (Wildman–Crippen LogP) is 6.69. The normalized spacial score (nSPS) is 13.3. The summed E-state index contributed by atoms with van der Waals surface area (Å²) in [7, 11) is 0.0196. The summed E-state index contributed by atoms with van der Waals surface area (Å²) in [4.78, 5) is 2.58. The Labute approximate surface area is 185 Å². The van der Waals surface area contributed by atoms with Crippen molar-refractivity contribution in [2.45, 2.75) is 78.4 Å². The van der Waals surface area contributed by atoms with E-state index >= 15 is 0 Å². The van der Waals surface area contributed by atoms with Gasteiger partial charge in [-0.1, -0.05) is 36.4 Å². The van der Waals surface area contributed by atoms with Gasteiger partial charge in [0.05, 0.1) is 6.61 Å². The largest absolute Gasteiger partial charge is 0.544 e. The van der Waals surface area contributed by atoms with Crippen molar-refractivity contribution in [2.75, 3.05) is 13.7 Å². The molecule has 0 aliphatic carbocycles. The van der Waals surface area contributed by atoms with Gasteiger partial charge in [-0.2, -0.15) is 0 Å². The first-order valence-corrected chi connectivity index (χ1v) is 14.6. The third-order valence-electron chi connectivity index (χ3n) is 5.38. The minimum absolute atomic E-state index is 0.286. The molecular weight excluding hydrogens is 386 g/mol. The second kappa shape index (κ2) is 11.1. The molecule has 0 saturated heterocycles. The van der Waals surface area contributed by atoms with E-state index in [1.807, 2.05) is 0 Å². The van der Waals surface area contributed by atoms with Gasteiger partial charge in [-0.25, -0.2) is 0 Å². The van der Waals surface area contributed by atoms with Crippen LogP contribution in [-0.2, 0) is 11.3 Å². The lowest BCUT2D eigenvalue weighted by molar-refractivity contribution is 0.170. The highest BCUT2D eigenvalue weighted by Crippen LogP contribution is 2.37. The molecule has 0 amide bonds. The third kappa shape index (κ3) is 7.26. The Morgan fingerprint density at radius 3 is 2.07 bits per heavy atom. The summed E-state index contributed by atoms with van der Waals surface area (Å²) in [6, 6.07) is 18.5. The topological polar surface area (TPSA) is 21.7 Å². The molecule has 0 aliphatic heterocycles. The molecule has 0 bridgehead atoms. The predicted molar refractivity (Wildman–Crippen MR) is 131 cm³/mol. The number of rotatable bonds is 11. The van der Waals surface area contributed by atoms with Crippen LogP contribution >= 0.6 is 0 Å². The van der Waals surface area contributed by atoms with E-state index < -0.39 is 8.32 Å². The Hall–Kier alpha value is -1.62. The molecule has 30 heavy (non-hydrogen) atoms. The molecule has 2 rings (SSSR count). The van der Waals surface area contributed by atoms with Crippen molar-refractivity contribution in [2.24, 2.45) is 0 Å². The highest BCUT2D eigenvalue weighted by molar-refractivity contribution is 6.70. The minimum Gasteiger partial charge on any atom is -0.544 e. The molecule has 0 heterocycles. The monoisotopic (exact) mass is 427 g/mol. The van der Waals surface area contributed by atoms with Crippen molar-refractivity contribution in [1.29, 1.82) is 0 Å². The molecule has 4 heteroatoms. The summed E-state index contributed by atoms with van der Waals surface area (Å²) in [6.07, 6.45) is 1.05. The molecule has 0 radical (unpaired) electrons. The standard InChI is InChI=1S/C26H41NO2Si/c1-20(2)27(21(3)4)17-16-24(23-12-10-9-11-13-23)25-18-22(19-28-5)14-15-26(25)29-30(6,7)8/h9-15,18,20-21,24H,16-17,19H2,1-8H3. The summed E-state index contributed by atoms with van der Waals surface area (Å²) in [5, 5.41) is 0. The van der Waals surface area contributed by atoms with E-state index in [9.17, 15) is 0 Å². The Morgan fingerprint density at radius 2 is 1.53 bits per heavy atom. The number of nitrogens with zero attached hydrogens (tertiary/aromatic N) is 1. The fourth-order valence-electron chi connectivity index (χ4n) is 4.13. The van der Waals surface area contributed by atoms with Gasteiger partial charge in [-0.05, 0) is 83.6 Å². The molecule has 3 nitrogen and oxygen atoms in total. The first-order chi connectivity index (χ1) is 14.1. The second-order valence-electron chi connectivity index (χ2n) is 9.70. The van der Waals surface area contributed by atoms with Gasteiger partial charge in [0, 0.05) is 30.7 Å². The first kappa shape index (κ1) is 24.6. The van der Waals surface area contributed by atoms with Gasteiger partial charge in [0.1, 0.15) is 5.75 Å². The Morgan fingerprint density at radius 1 is 0.900 bits per heavy atom. The SMILES string of the molecule is COCc1ccc(O[Si](C)(C)C)c(C(CCN(C(C)C)C(C)C)c2ccccc2)c1. The third-order valence-corrected chi connectivity index (χ3v) is 6.21. The molecule has 1 atom stereocenters. The Bertz CT molecular complexity index is 760. The van der Waals surface area contributed by atoms with Crippen molar-refractivity contribution in [3.63, 3.8) is 0 Å². The Balaban J connectivity index is 2.49. The molecule has 0 aromatic heterocycles. The van der Waals surface area contributed by atoms with Crippen molar-refractivity contribution in [3.05, 3.63) is 65.2 Å².